The number of benzene rings is 2. The Morgan fingerprint density at radius 1 is 1.10 bits per heavy atom. The maximum Gasteiger partial charge on any atom is 0.410 e. The molecule has 0 atom stereocenters. The lowest BCUT2D eigenvalue weighted by Gasteiger charge is -2.03. The van der Waals surface area contributed by atoms with Crippen molar-refractivity contribution in [3.05, 3.63) is 48.3 Å². The van der Waals surface area contributed by atoms with Crippen molar-refractivity contribution in [1.29, 1.82) is 0 Å². The number of fused-ring (bicyclic) bond motifs is 1. The average Bonchev–Trinajstić information content (AvgIpc) is 2.74. The lowest BCUT2D eigenvalue weighted by molar-refractivity contribution is 0.212. The number of hydrogen-bond acceptors (Lipinski definition) is 4. The van der Waals surface area contributed by atoms with Crippen LogP contribution >= 0.6 is 11.3 Å². The Kier molecular flexibility index (Phi) is 3.23. The second kappa shape index (κ2) is 5.06. The number of halogens is 1. The number of amides is 1. The second-order valence-corrected chi connectivity index (χ2v) is 5.52. The fourth-order valence-electron chi connectivity index (χ4n) is 2.12. The fourth-order valence-corrected chi connectivity index (χ4v) is 3.06. The number of rotatable bonds is 2. The molecule has 1 amide bonds. The van der Waals surface area contributed by atoms with Gasteiger partial charge >= 0.3 is 6.09 Å². The van der Waals surface area contributed by atoms with Gasteiger partial charge in [0, 0.05) is 10.1 Å². The molecule has 2 aromatic carbocycles. The zero-order chi connectivity index (χ0) is 15.0. The van der Waals surface area contributed by atoms with Gasteiger partial charge in [-0.15, -0.1) is 11.3 Å². The number of nitrogens with two attached hydrogens (primary N) is 2. The van der Waals surface area contributed by atoms with E-state index in [1.807, 2.05) is 12.1 Å². The van der Waals surface area contributed by atoms with Crippen LogP contribution in [0.25, 0.3) is 21.2 Å². The van der Waals surface area contributed by atoms with Gasteiger partial charge in [-0.3, -0.25) is 0 Å². The molecule has 0 bridgehead atoms. The highest BCUT2D eigenvalue weighted by Crippen LogP contribution is 2.41. The molecule has 4 N–H and O–H groups in total. The fraction of sp³-hybridized carbons (Fsp3) is 0. The molecule has 1 heterocycles. The monoisotopic (exact) mass is 302 g/mol. The SMILES string of the molecule is NC(=O)Oc1c(N)sc2cc(-c3ccc(F)cc3)ccc12. The Bertz CT molecular complexity index is 828. The summed E-state index contributed by atoms with van der Waals surface area (Å²) in [5.41, 5.74) is 12.7. The Hall–Kier alpha value is -2.60. The van der Waals surface area contributed by atoms with Gasteiger partial charge in [0.05, 0.1) is 0 Å². The predicted octanol–water partition coefficient (Wildman–Crippen LogP) is 3.75. The normalized spacial score (nSPS) is 10.7. The number of anilines is 1. The predicted molar refractivity (Wildman–Crippen MR) is 81.8 cm³/mol. The molecule has 0 radical (unpaired) electrons. The summed E-state index contributed by atoms with van der Waals surface area (Å²) in [7, 11) is 0. The Morgan fingerprint density at radius 2 is 1.76 bits per heavy atom. The molecule has 0 saturated heterocycles. The zero-order valence-corrected chi connectivity index (χ0v) is 11.6. The Labute approximate surface area is 123 Å². The number of primary amides is 1. The van der Waals surface area contributed by atoms with E-state index in [0.29, 0.717) is 5.00 Å². The van der Waals surface area contributed by atoms with Gasteiger partial charge in [0.1, 0.15) is 10.8 Å². The molecule has 0 unspecified atom stereocenters. The number of carbonyl (C=O) groups is 1. The van der Waals surface area contributed by atoms with Gasteiger partial charge in [-0.25, -0.2) is 9.18 Å². The van der Waals surface area contributed by atoms with Crippen LogP contribution in [0.2, 0.25) is 0 Å². The summed E-state index contributed by atoms with van der Waals surface area (Å²) in [4.78, 5) is 10.9. The first-order valence-corrected chi connectivity index (χ1v) is 6.91. The van der Waals surface area contributed by atoms with Crippen LogP contribution in [0.4, 0.5) is 14.2 Å². The van der Waals surface area contributed by atoms with E-state index in [9.17, 15) is 9.18 Å². The van der Waals surface area contributed by atoms with Gasteiger partial charge in [0.15, 0.2) is 5.75 Å². The van der Waals surface area contributed by atoms with E-state index in [1.54, 1.807) is 18.2 Å². The minimum Gasteiger partial charge on any atom is -0.407 e. The molecule has 3 rings (SSSR count). The van der Waals surface area contributed by atoms with Crippen LogP contribution in [0, 0.1) is 5.82 Å². The second-order valence-electron chi connectivity index (χ2n) is 4.43. The summed E-state index contributed by atoms with van der Waals surface area (Å²) >= 11 is 1.30. The summed E-state index contributed by atoms with van der Waals surface area (Å²) in [5, 5.41) is 1.11. The van der Waals surface area contributed by atoms with Gasteiger partial charge in [-0.2, -0.15) is 0 Å². The lowest BCUT2D eigenvalue weighted by Crippen LogP contribution is -2.16. The third kappa shape index (κ3) is 2.53. The minimum atomic E-state index is -0.899. The summed E-state index contributed by atoms with van der Waals surface area (Å²) in [6.07, 6.45) is -0.899. The van der Waals surface area contributed by atoms with Crippen molar-refractivity contribution in [2.45, 2.75) is 0 Å². The highest BCUT2D eigenvalue weighted by molar-refractivity contribution is 7.23. The van der Waals surface area contributed by atoms with E-state index in [1.165, 1.54) is 23.5 Å². The topological polar surface area (TPSA) is 78.3 Å². The van der Waals surface area contributed by atoms with Crippen LogP contribution in [0.3, 0.4) is 0 Å². The van der Waals surface area contributed by atoms with Crippen molar-refractivity contribution in [3.63, 3.8) is 0 Å². The number of hydrogen-bond donors (Lipinski definition) is 2. The summed E-state index contributed by atoms with van der Waals surface area (Å²) < 4.78 is 18.8. The molecule has 3 aromatic rings. The smallest absolute Gasteiger partial charge is 0.407 e. The van der Waals surface area contributed by atoms with E-state index in [-0.39, 0.29) is 11.6 Å². The highest BCUT2D eigenvalue weighted by atomic mass is 32.1. The molecule has 106 valence electrons. The summed E-state index contributed by atoms with van der Waals surface area (Å²) in [6.45, 7) is 0. The average molecular weight is 302 g/mol. The molecule has 1 aromatic heterocycles. The molecule has 0 fully saturated rings. The van der Waals surface area contributed by atoms with Gasteiger partial charge < -0.3 is 16.2 Å². The highest BCUT2D eigenvalue weighted by Gasteiger charge is 2.14. The van der Waals surface area contributed by atoms with E-state index < -0.39 is 6.09 Å². The number of nitrogen functional groups attached to an aromatic ring is 1. The van der Waals surface area contributed by atoms with Crippen molar-refractivity contribution < 1.29 is 13.9 Å². The molecule has 6 heteroatoms. The van der Waals surface area contributed by atoms with Crippen molar-refractivity contribution in [2.24, 2.45) is 5.73 Å². The lowest BCUT2D eigenvalue weighted by atomic mass is 10.0. The quantitative estimate of drug-likeness (QED) is 0.756. The first kappa shape index (κ1) is 13.4. The molecular weight excluding hydrogens is 291 g/mol. The van der Waals surface area contributed by atoms with Crippen LogP contribution in [0.5, 0.6) is 5.75 Å². The molecule has 0 aliphatic heterocycles. The van der Waals surface area contributed by atoms with Crippen LogP contribution in [-0.4, -0.2) is 6.09 Å². The van der Waals surface area contributed by atoms with Gasteiger partial charge in [-0.1, -0.05) is 18.2 Å². The Balaban J connectivity index is 2.09. The number of carbonyl (C=O) groups excluding carboxylic acids is 1. The summed E-state index contributed by atoms with van der Waals surface area (Å²) in [5.74, 6) is 0.00509. The van der Waals surface area contributed by atoms with Crippen molar-refractivity contribution in [1.82, 2.24) is 0 Å². The van der Waals surface area contributed by atoms with E-state index in [4.69, 9.17) is 16.2 Å². The van der Waals surface area contributed by atoms with Crippen LogP contribution < -0.4 is 16.2 Å². The Morgan fingerprint density at radius 3 is 2.43 bits per heavy atom. The van der Waals surface area contributed by atoms with Crippen LogP contribution in [0.15, 0.2) is 42.5 Å². The molecule has 0 aliphatic carbocycles. The third-order valence-corrected chi connectivity index (χ3v) is 4.01. The van der Waals surface area contributed by atoms with Gasteiger partial charge in [0.25, 0.3) is 0 Å². The maximum absolute atomic E-state index is 13.0. The molecular formula is C15H11FN2O2S. The standard InChI is InChI=1S/C15H11FN2O2S/c16-10-4-1-8(2-5-10)9-3-6-11-12(7-9)21-14(17)13(11)20-15(18)19/h1-7H,17H2,(H2,18,19). The van der Waals surface area contributed by atoms with Crippen molar-refractivity contribution in [3.8, 4) is 16.9 Å². The van der Waals surface area contributed by atoms with Crippen molar-refractivity contribution in [2.75, 3.05) is 5.73 Å². The van der Waals surface area contributed by atoms with E-state index >= 15 is 0 Å². The number of ether oxygens (including phenoxy) is 1. The zero-order valence-electron chi connectivity index (χ0n) is 10.8. The van der Waals surface area contributed by atoms with Gasteiger partial charge in [0.2, 0.25) is 0 Å². The van der Waals surface area contributed by atoms with E-state index in [0.717, 1.165) is 21.2 Å². The minimum absolute atomic E-state index is 0.280. The molecule has 0 saturated carbocycles. The van der Waals surface area contributed by atoms with Crippen LogP contribution in [0.1, 0.15) is 0 Å². The van der Waals surface area contributed by atoms with Gasteiger partial charge in [-0.05, 0) is 35.4 Å². The molecule has 0 spiro atoms. The number of thiophene rings is 1. The largest absolute Gasteiger partial charge is 0.410 e. The molecule has 4 nitrogen and oxygen atoms in total. The first-order chi connectivity index (χ1) is 10.0. The molecule has 0 aliphatic rings. The maximum atomic E-state index is 13.0. The summed E-state index contributed by atoms with van der Waals surface area (Å²) in [6, 6.07) is 11.8. The van der Waals surface area contributed by atoms with E-state index in [2.05, 4.69) is 0 Å². The van der Waals surface area contributed by atoms with Crippen LogP contribution in [-0.2, 0) is 0 Å². The first-order valence-electron chi connectivity index (χ1n) is 6.10. The van der Waals surface area contributed by atoms with Crippen molar-refractivity contribution >= 4 is 32.5 Å². The molecule has 21 heavy (non-hydrogen) atoms. The third-order valence-electron chi connectivity index (χ3n) is 3.05.